The van der Waals surface area contributed by atoms with E-state index in [0.717, 1.165) is 23.3 Å². The number of nitro benzene ring substituents is 1. The van der Waals surface area contributed by atoms with Crippen molar-refractivity contribution in [1.82, 2.24) is 0 Å². The summed E-state index contributed by atoms with van der Waals surface area (Å²) in [5.41, 5.74) is 0.770. The lowest BCUT2D eigenvalue weighted by Gasteiger charge is -2.18. The minimum absolute atomic E-state index is 0.159. The smallest absolute Gasteiger partial charge is 0.275 e. The van der Waals surface area contributed by atoms with Crippen molar-refractivity contribution in [2.45, 2.75) is 32.0 Å². The van der Waals surface area contributed by atoms with Gasteiger partial charge in [0.15, 0.2) is 0 Å². The Bertz CT molecular complexity index is 1020. The summed E-state index contributed by atoms with van der Waals surface area (Å²) in [4.78, 5) is 38.0. The molecule has 3 fully saturated rings. The quantitative estimate of drug-likeness (QED) is 0.448. The van der Waals surface area contributed by atoms with E-state index in [1.807, 2.05) is 19.1 Å². The third-order valence-corrected chi connectivity index (χ3v) is 5.95. The number of para-hydroxylation sites is 1. The van der Waals surface area contributed by atoms with Crippen LogP contribution in [0.1, 0.15) is 18.4 Å². The summed E-state index contributed by atoms with van der Waals surface area (Å²) in [5, 5.41) is 11.5. The highest BCUT2D eigenvalue weighted by atomic mass is 16.6. The first kappa shape index (κ1) is 17.8. The van der Waals surface area contributed by atoms with Gasteiger partial charge < -0.3 is 9.47 Å². The van der Waals surface area contributed by atoms with Crippen molar-refractivity contribution < 1.29 is 24.0 Å². The summed E-state index contributed by atoms with van der Waals surface area (Å²) < 4.78 is 11.6. The molecule has 0 aromatic heterocycles. The average Bonchev–Trinajstić information content (AvgIpc) is 3.37. The van der Waals surface area contributed by atoms with E-state index in [4.69, 9.17) is 9.47 Å². The molecular formula is C21H18N2O6. The Kier molecular flexibility index (Phi) is 3.92. The van der Waals surface area contributed by atoms with Gasteiger partial charge in [-0.25, -0.2) is 4.90 Å². The van der Waals surface area contributed by atoms with Gasteiger partial charge in [0.1, 0.15) is 11.5 Å². The van der Waals surface area contributed by atoms with E-state index in [0.29, 0.717) is 5.75 Å². The predicted molar refractivity (Wildman–Crippen MR) is 102 cm³/mol. The van der Waals surface area contributed by atoms with Gasteiger partial charge in [0.2, 0.25) is 11.8 Å². The topological polar surface area (TPSA) is 99.0 Å². The number of nitro groups is 1. The summed E-state index contributed by atoms with van der Waals surface area (Å²) in [6.45, 7) is 1.86. The summed E-state index contributed by atoms with van der Waals surface area (Å²) in [6, 6.07) is 11.3. The fourth-order valence-corrected chi connectivity index (χ4v) is 4.63. The Morgan fingerprint density at radius 1 is 1.07 bits per heavy atom. The molecule has 2 bridgehead atoms. The number of hydrogen-bond donors (Lipinski definition) is 0. The number of carbonyl (C=O) groups is 2. The molecule has 0 spiro atoms. The fourth-order valence-electron chi connectivity index (χ4n) is 4.63. The number of hydrogen-bond acceptors (Lipinski definition) is 6. The maximum Gasteiger partial charge on any atom is 0.275 e. The van der Waals surface area contributed by atoms with E-state index in [1.165, 1.54) is 18.2 Å². The molecule has 3 heterocycles. The monoisotopic (exact) mass is 394 g/mol. The van der Waals surface area contributed by atoms with Crippen molar-refractivity contribution in [2.75, 3.05) is 4.90 Å². The summed E-state index contributed by atoms with van der Waals surface area (Å²) >= 11 is 0. The highest BCUT2D eigenvalue weighted by molar-refractivity contribution is 6.23. The normalized spacial score (nSPS) is 27.4. The highest BCUT2D eigenvalue weighted by Crippen LogP contribution is 2.50. The second-order valence-electron chi connectivity index (χ2n) is 7.66. The van der Waals surface area contributed by atoms with Crippen LogP contribution in [0.15, 0.2) is 42.5 Å². The standard InChI is InChI=1S/C21H18N2O6/c1-11-4-2-3-5-15(11)28-14-9-12(8-13(10-14)23(26)27)22-20(24)18-16-6-7-17(29-16)19(18)21(22)25/h2-5,8-10,16-19H,6-7H2,1H3/t16-,17-,18-,19+/m1/s1. The minimum atomic E-state index is -0.563. The molecule has 5 rings (SSSR count). The van der Waals surface area contributed by atoms with E-state index < -0.39 is 16.8 Å². The molecule has 0 N–H and O–H groups in total. The van der Waals surface area contributed by atoms with Crippen LogP contribution in [0.2, 0.25) is 0 Å². The van der Waals surface area contributed by atoms with Crippen LogP contribution in [-0.2, 0) is 14.3 Å². The van der Waals surface area contributed by atoms with Crippen molar-refractivity contribution in [2.24, 2.45) is 11.8 Å². The Balaban J connectivity index is 1.54. The third kappa shape index (κ3) is 2.71. The number of carbonyl (C=O) groups excluding carboxylic acids is 2. The fraction of sp³-hybridized carbons (Fsp3) is 0.333. The van der Waals surface area contributed by atoms with E-state index in [2.05, 4.69) is 0 Å². The number of imide groups is 1. The largest absolute Gasteiger partial charge is 0.457 e. The zero-order chi connectivity index (χ0) is 20.3. The molecular weight excluding hydrogens is 376 g/mol. The molecule has 3 aliphatic heterocycles. The lowest BCUT2D eigenvalue weighted by molar-refractivity contribution is -0.384. The molecule has 148 valence electrons. The number of rotatable bonds is 4. The van der Waals surface area contributed by atoms with Crippen LogP contribution in [0, 0.1) is 28.9 Å². The van der Waals surface area contributed by atoms with Crippen molar-refractivity contribution in [1.29, 1.82) is 0 Å². The molecule has 0 aliphatic carbocycles. The Morgan fingerprint density at radius 2 is 1.72 bits per heavy atom. The first-order valence-electron chi connectivity index (χ1n) is 9.50. The van der Waals surface area contributed by atoms with E-state index >= 15 is 0 Å². The van der Waals surface area contributed by atoms with Crippen LogP contribution in [0.5, 0.6) is 11.5 Å². The maximum atomic E-state index is 13.0. The van der Waals surface area contributed by atoms with Crippen molar-refractivity contribution in [3.8, 4) is 11.5 Å². The van der Waals surface area contributed by atoms with Crippen LogP contribution in [0.25, 0.3) is 0 Å². The predicted octanol–water partition coefficient (Wildman–Crippen LogP) is 3.36. The molecule has 2 aromatic carbocycles. The van der Waals surface area contributed by atoms with Gasteiger partial charge in [-0.05, 0) is 31.4 Å². The second kappa shape index (κ2) is 6.38. The number of non-ortho nitro benzene ring substituents is 1. The van der Waals surface area contributed by atoms with Crippen molar-refractivity contribution >= 4 is 23.2 Å². The summed E-state index contributed by atoms with van der Waals surface area (Å²) in [5.74, 6) is -0.965. The Hall–Kier alpha value is -3.26. The second-order valence-corrected chi connectivity index (χ2v) is 7.66. The SMILES string of the molecule is Cc1ccccc1Oc1cc(N2C(=O)[C@@H]3[C@H](C2=O)[C@H]2CC[C@H]3O2)cc([N+](=O)[O-])c1. The highest BCUT2D eigenvalue weighted by Gasteiger charge is 2.62. The number of nitrogens with zero attached hydrogens (tertiary/aromatic N) is 2. The van der Waals surface area contributed by atoms with E-state index in [9.17, 15) is 19.7 Å². The van der Waals surface area contributed by atoms with Crippen molar-refractivity contribution in [3.05, 3.63) is 58.1 Å². The molecule has 0 saturated carbocycles. The molecule has 4 atom stereocenters. The van der Waals surface area contributed by atoms with E-state index in [-0.39, 0.29) is 41.1 Å². The van der Waals surface area contributed by atoms with Gasteiger partial charge in [-0.2, -0.15) is 0 Å². The van der Waals surface area contributed by atoms with E-state index in [1.54, 1.807) is 12.1 Å². The zero-order valence-corrected chi connectivity index (χ0v) is 15.6. The van der Waals surface area contributed by atoms with Gasteiger partial charge in [0, 0.05) is 12.1 Å². The molecule has 29 heavy (non-hydrogen) atoms. The van der Waals surface area contributed by atoms with Crippen LogP contribution in [0.3, 0.4) is 0 Å². The number of ether oxygens (including phenoxy) is 2. The molecule has 0 radical (unpaired) electrons. The Labute approximate surface area is 166 Å². The molecule has 8 nitrogen and oxygen atoms in total. The lowest BCUT2D eigenvalue weighted by Crippen LogP contribution is -2.34. The number of anilines is 1. The van der Waals surface area contributed by atoms with Gasteiger partial charge in [-0.3, -0.25) is 19.7 Å². The van der Waals surface area contributed by atoms with Gasteiger partial charge in [-0.15, -0.1) is 0 Å². The molecule has 3 aliphatic rings. The van der Waals surface area contributed by atoms with Gasteiger partial charge in [0.05, 0.1) is 40.7 Å². The molecule has 3 saturated heterocycles. The zero-order valence-electron chi connectivity index (χ0n) is 15.6. The lowest BCUT2D eigenvalue weighted by atomic mass is 9.81. The number of amides is 2. The first-order chi connectivity index (χ1) is 13.9. The van der Waals surface area contributed by atoms with Crippen LogP contribution >= 0.6 is 0 Å². The maximum absolute atomic E-state index is 13.0. The molecule has 8 heteroatoms. The van der Waals surface area contributed by atoms with Gasteiger partial charge >= 0.3 is 0 Å². The summed E-state index contributed by atoms with van der Waals surface area (Å²) in [6.07, 6.45) is 1.03. The molecule has 0 unspecified atom stereocenters. The van der Waals surface area contributed by atoms with Crippen LogP contribution in [0.4, 0.5) is 11.4 Å². The summed E-state index contributed by atoms with van der Waals surface area (Å²) in [7, 11) is 0. The first-order valence-corrected chi connectivity index (χ1v) is 9.50. The number of benzene rings is 2. The number of aryl methyl sites for hydroxylation is 1. The van der Waals surface area contributed by atoms with Crippen LogP contribution in [-0.4, -0.2) is 28.9 Å². The molecule has 2 aromatic rings. The average molecular weight is 394 g/mol. The van der Waals surface area contributed by atoms with Crippen molar-refractivity contribution in [3.63, 3.8) is 0 Å². The van der Waals surface area contributed by atoms with Gasteiger partial charge in [0.25, 0.3) is 5.69 Å². The minimum Gasteiger partial charge on any atom is -0.457 e. The van der Waals surface area contributed by atoms with Crippen LogP contribution < -0.4 is 9.64 Å². The number of fused-ring (bicyclic) bond motifs is 5. The Morgan fingerprint density at radius 3 is 2.34 bits per heavy atom. The van der Waals surface area contributed by atoms with Gasteiger partial charge in [-0.1, -0.05) is 18.2 Å². The molecule has 2 amide bonds. The third-order valence-electron chi connectivity index (χ3n) is 5.95.